The molecule has 0 bridgehead atoms. The smallest absolute Gasteiger partial charge is 0.410 e. The van der Waals surface area contributed by atoms with Crippen LogP contribution in [0, 0.1) is 6.92 Å². The van der Waals surface area contributed by atoms with Gasteiger partial charge in [-0.25, -0.2) is 9.78 Å². The number of aryl methyl sites for hydroxylation is 1. The minimum atomic E-state index is -1.17. The van der Waals surface area contributed by atoms with E-state index in [1.54, 1.807) is 6.92 Å². The Bertz CT molecular complexity index is 861. The molecule has 1 saturated carbocycles. The van der Waals surface area contributed by atoms with Crippen molar-refractivity contribution in [3.8, 4) is 22.0 Å². The Morgan fingerprint density at radius 3 is 2.22 bits per heavy atom. The molecule has 0 atom stereocenters. The van der Waals surface area contributed by atoms with Gasteiger partial charge in [0.2, 0.25) is 0 Å². The fourth-order valence-corrected chi connectivity index (χ4v) is 3.75. The Hall–Kier alpha value is -2.74. The first-order valence-corrected chi connectivity index (χ1v) is 9.82. The number of rotatable bonds is 3. The van der Waals surface area contributed by atoms with E-state index in [1.807, 2.05) is 30.3 Å². The Morgan fingerprint density at radius 1 is 1.07 bits per heavy atom. The lowest BCUT2D eigenvalue weighted by atomic mass is 10.0. The average molecular weight is 386 g/mol. The normalized spacial score (nSPS) is 13.5. The van der Waals surface area contributed by atoms with Crippen LogP contribution >= 0.6 is 11.3 Å². The number of benzene rings is 1. The summed E-state index contributed by atoms with van der Waals surface area (Å²) in [6.45, 7) is 1.71. The second-order valence-corrected chi connectivity index (χ2v) is 7.26. The van der Waals surface area contributed by atoms with Gasteiger partial charge < -0.3 is 9.63 Å². The van der Waals surface area contributed by atoms with Crippen molar-refractivity contribution in [2.24, 2.45) is 0 Å². The van der Waals surface area contributed by atoms with Crippen LogP contribution in [0.2, 0.25) is 0 Å². The molecule has 1 fully saturated rings. The van der Waals surface area contributed by atoms with Crippen LogP contribution in [0.15, 0.2) is 34.9 Å². The highest BCUT2D eigenvalue weighted by atomic mass is 32.1. The van der Waals surface area contributed by atoms with E-state index in [9.17, 15) is 4.79 Å². The Morgan fingerprint density at radius 2 is 1.70 bits per heavy atom. The highest BCUT2D eigenvalue weighted by Crippen LogP contribution is 2.38. The van der Waals surface area contributed by atoms with Crippen molar-refractivity contribution in [2.75, 3.05) is 5.32 Å². The van der Waals surface area contributed by atoms with E-state index >= 15 is 0 Å². The van der Waals surface area contributed by atoms with E-state index in [0.717, 1.165) is 16.9 Å². The van der Waals surface area contributed by atoms with E-state index in [2.05, 4.69) is 20.4 Å². The van der Waals surface area contributed by atoms with Crippen molar-refractivity contribution in [1.29, 1.82) is 0 Å². The third-order valence-electron chi connectivity index (χ3n) is 4.11. The number of hydrogen-bond donors (Lipinski definition) is 2. The predicted octanol–water partition coefficient (Wildman–Crippen LogP) is 5.60. The summed E-state index contributed by atoms with van der Waals surface area (Å²) in [4.78, 5) is 19.9. The van der Waals surface area contributed by atoms with Crippen molar-refractivity contribution in [3.63, 3.8) is 0 Å². The van der Waals surface area contributed by atoms with E-state index in [-0.39, 0.29) is 5.13 Å². The van der Waals surface area contributed by atoms with E-state index in [0.29, 0.717) is 22.3 Å². The van der Waals surface area contributed by atoms with Crippen LogP contribution in [0.25, 0.3) is 22.0 Å². The third-order valence-corrected chi connectivity index (χ3v) is 5.07. The van der Waals surface area contributed by atoms with Crippen LogP contribution < -0.4 is 5.32 Å². The summed E-state index contributed by atoms with van der Waals surface area (Å²) in [5, 5.41) is 15.1. The number of anilines is 1. The first-order valence-electron chi connectivity index (χ1n) is 9.00. The van der Waals surface area contributed by atoms with E-state index in [4.69, 9.17) is 9.63 Å². The maximum Gasteiger partial charge on any atom is 0.410 e. The number of nitrogens with one attached hydrogen (secondary N) is 1. The van der Waals surface area contributed by atoms with Gasteiger partial charge >= 0.3 is 6.09 Å². The van der Waals surface area contributed by atoms with Crippen molar-refractivity contribution < 1.29 is 14.4 Å². The highest BCUT2D eigenvalue weighted by Gasteiger charge is 2.20. The summed E-state index contributed by atoms with van der Waals surface area (Å²) in [6, 6.07) is 9.41. The molecule has 0 spiro atoms. The van der Waals surface area contributed by atoms with Crippen molar-refractivity contribution in [2.45, 2.75) is 45.4 Å². The van der Waals surface area contributed by atoms with Crippen LogP contribution in [-0.4, -0.2) is 26.3 Å². The van der Waals surface area contributed by atoms with Gasteiger partial charge in [0.05, 0.1) is 5.69 Å². The molecule has 0 saturated heterocycles. The zero-order chi connectivity index (χ0) is 19.1. The number of carbonyl (C=O) groups is 1. The van der Waals surface area contributed by atoms with Gasteiger partial charge in [-0.2, -0.15) is 4.98 Å². The number of nitrogens with zero attached hydrogens (tertiary/aromatic N) is 3. The molecule has 0 unspecified atom stereocenters. The summed E-state index contributed by atoms with van der Waals surface area (Å²) >= 11 is 1.15. The van der Waals surface area contributed by atoms with Crippen LogP contribution in [-0.2, 0) is 0 Å². The SMILES string of the molecule is C1CCCCC1.Cc1noc(-c2sc(NC(=O)O)nc2-c2ccccc2)n1. The molecular formula is C19H22N4O3S. The number of hydrogen-bond acceptors (Lipinski definition) is 6. The molecule has 2 heterocycles. The summed E-state index contributed by atoms with van der Waals surface area (Å²) in [5.74, 6) is 0.826. The van der Waals surface area contributed by atoms with Crippen molar-refractivity contribution in [3.05, 3.63) is 36.2 Å². The molecule has 1 aromatic carbocycles. The van der Waals surface area contributed by atoms with Crippen molar-refractivity contribution in [1.82, 2.24) is 15.1 Å². The molecule has 4 rings (SSSR count). The van der Waals surface area contributed by atoms with Gasteiger partial charge in [0.25, 0.3) is 5.89 Å². The van der Waals surface area contributed by atoms with Gasteiger partial charge in [0, 0.05) is 5.56 Å². The van der Waals surface area contributed by atoms with Crippen LogP contribution in [0.3, 0.4) is 0 Å². The van der Waals surface area contributed by atoms with Gasteiger partial charge in [-0.3, -0.25) is 5.32 Å². The molecule has 8 heteroatoms. The van der Waals surface area contributed by atoms with Crippen LogP contribution in [0.1, 0.15) is 44.3 Å². The molecule has 2 N–H and O–H groups in total. The van der Waals surface area contributed by atoms with Gasteiger partial charge in [-0.1, -0.05) is 85.4 Å². The van der Waals surface area contributed by atoms with Gasteiger partial charge in [0.1, 0.15) is 4.88 Å². The molecule has 1 aliphatic carbocycles. The fraction of sp³-hybridized carbons (Fsp3) is 0.368. The number of carboxylic acid groups (broad SMARTS) is 1. The fourth-order valence-electron chi connectivity index (χ4n) is 2.85. The molecule has 3 aromatic rings. The Balaban J connectivity index is 0.000000299. The largest absolute Gasteiger partial charge is 0.465 e. The molecule has 7 nitrogen and oxygen atoms in total. The van der Waals surface area contributed by atoms with Crippen LogP contribution in [0.5, 0.6) is 0 Å². The average Bonchev–Trinajstić information content (AvgIpc) is 3.30. The topological polar surface area (TPSA) is 101 Å². The first kappa shape index (κ1) is 19.0. The molecule has 1 amide bonds. The van der Waals surface area contributed by atoms with E-state index < -0.39 is 6.09 Å². The second-order valence-electron chi connectivity index (χ2n) is 6.26. The highest BCUT2D eigenvalue weighted by molar-refractivity contribution is 7.19. The zero-order valence-electron chi connectivity index (χ0n) is 15.1. The number of amides is 1. The molecule has 0 radical (unpaired) electrons. The molecule has 2 aromatic heterocycles. The molecule has 0 aliphatic heterocycles. The quantitative estimate of drug-likeness (QED) is 0.607. The summed E-state index contributed by atoms with van der Waals surface area (Å²) < 4.78 is 5.16. The molecular weight excluding hydrogens is 364 g/mol. The number of aromatic nitrogens is 3. The van der Waals surface area contributed by atoms with Gasteiger partial charge in [-0.05, 0) is 6.92 Å². The van der Waals surface area contributed by atoms with Crippen LogP contribution in [0.4, 0.5) is 9.93 Å². The first-order chi connectivity index (χ1) is 13.1. The lowest BCUT2D eigenvalue weighted by molar-refractivity contribution is 0.209. The van der Waals surface area contributed by atoms with E-state index in [1.165, 1.54) is 38.5 Å². The molecule has 1 aliphatic rings. The lowest BCUT2D eigenvalue weighted by Crippen LogP contribution is -2.06. The standard InChI is InChI=1S/C13H10N4O3S.C6H12/c1-7-14-11(20-17-7)10-9(8-5-3-2-4-6-8)15-12(21-10)16-13(18)19;1-2-4-6-5-3-1/h2-6H,1H3,(H,15,16)(H,18,19);1-6H2. The Kier molecular flexibility index (Phi) is 6.54. The minimum Gasteiger partial charge on any atom is -0.465 e. The minimum absolute atomic E-state index is 0.257. The third kappa shape index (κ3) is 5.37. The number of thiazole rings is 1. The van der Waals surface area contributed by atoms with Gasteiger partial charge in [-0.15, -0.1) is 0 Å². The zero-order valence-corrected chi connectivity index (χ0v) is 16.0. The maximum atomic E-state index is 10.8. The van der Waals surface area contributed by atoms with Gasteiger partial charge in [0.15, 0.2) is 11.0 Å². The maximum absolute atomic E-state index is 10.8. The Labute approximate surface area is 161 Å². The lowest BCUT2D eigenvalue weighted by Gasteiger charge is -2.05. The monoisotopic (exact) mass is 386 g/mol. The predicted molar refractivity (Wildman–Crippen MR) is 105 cm³/mol. The second kappa shape index (κ2) is 9.27. The summed E-state index contributed by atoms with van der Waals surface area (Å²) in [6.07, 6.45) is 7.83. The molecule has 142 valence electrons. The van der Waals surface area contributed by atoms with Crippen molar-refractivity contribution >= 4 is 22.6 Å². The molecule has 27 heavy (non-hydrogen) atoms. The summed E-state index contributed by atoms with van der Waals surface area (Å²) in [7, 11) is 0. The summed E-state index contributed by atoms with van der Waals surface area (Å²) in [5.41, 5.74) is 1.45.